The van der Waals surface area contributed by atoms with Gasteiger partial charge in [0.05, 0.1) is 4.92 Å². The first-order valence-electron chi connectivity index (χ1n) is 5.18. The molecular formula is C12H11ClN2O3. The SMILES string of the molecule is CC#CCCNC(=O)c1ccc(Cl)c([N+](=O)[O-])c1. The number of hydrogen-bond donors (Lipinski definition) is 1. The van der Waals surface area contributed by atoms with Gasteiger partial charge in [-0.3, -0.25) is 14.9 Å². The van der Waals surface area contributed by atoms with Gasteiger partial charge in [-0.25, -0.2) is 0 Å². The molecule has 0 radical (unpaired) electrons. The highest BCUT2D eigenvalue weighted by atomic mass is 35.5. The minimum Gasteiger partial charge on any atom is -0.351 e. The Kier molecular flexibility index (Phi) is 5.15. The van der Waals surface area contributed by atoms with E-state index in [1.807, 2.05) is 0 Å². The average molecular weight is 267 g/mol. The van der Waals surface area contributed by atoms with Gasteiger partial charge in [-0.1, -0.05) is 11.6 Å². The van der Waals surface area contributed by atoms with Gasteiger partial charge in [0.1, 0.15) is 5.02 Å². The lowest BCUT2D eigenvalue weighted by molar-refractivity contribution is -0.384. The lowest BCUT2D eigenvalue weighted by atomic mass is 10.2. The van der Waals surface area contributed by atoms with E-state index in [0.29, 0.717) is 13.0 Å². The van der Waals surface area contributed by atoms with Gasteiger partial charge in [0.2, 0.25) is 0 Å². The van der Waals surface area contributed by atoms with Crippen molar-refractivity contribution in [2.45, 2.75) is 13.3 Å². The molecule has 18 heavy (non-hydrogen) atoms. The van der Waals surface area contributed by atoms with Crippen molar-refractivity contribution in [2.24, 2.45) is 0 Å². The summed E-state index contributed by atoms with van der Waals surface area (Å²) in [4.78, 5) is 21.7. The zero-order valence-electron chi connectivity index (χ0n) is 9.70. The Hall–Kier alpha value is -2.06. The van der Waals surface area contributed by atoms with E-state index in [1.54, 1.807) is 6.92 Å². The molecule has 6 heteroatoms. The average Bonchev–Trinajstić information content (AvgIpc) is 2.34. The van der Waals surface area contributed by atoms with Crippen LogP contribution in [-0.4, -0.2) is 17.4 Å². The fraction of sp³-hybridized carbons (Fsp3) is 0.250. The number of nitro benzene ring substituents is 1. The lowest BCUT2D eigenvalue weighted by Gasteiger charge is -2.03. The molecule has 0 aliphatic carbocycles. The summed E-state index contributed by atoms with van der Waals surface area (Å²) in [5.74, 6) is 5.12. The van der Waals surface area contributed by atoms with Gasteiger partial charge in [-0.05, 0) is 19.1 Å². The van der Waals surface area contributed by atoms with Gasteiger partial charge >= 0.3 is 0 Å². The van der Waals surface area contributed by atoms with Crippen LogP contribution in [0.4, 0.5) is 5.69 Å². The summed E-state index contributed by atoms with van der Waals surface area (Å²) in [6.07, 6.45) is 0.540. The maximum atomic E-state index is 11.7. The van der Waals surface area contributed by atoms with E-state index in [0.717, 1.165) is 6.07 Å². The largest absolute Gasteiger partial charge is 0.351 e. The summed E-state index contributed by atoms with van der Waals surface area (Å²) in [5.41, 5.74) is -0.0757. The van der Waals surface area contributed by atoms with Crippen molar-refractivity contribution in [1.29, 1.82) is 0 Å². The molecule has 5 nitrogen and oxygen atoms in total. The lowest BCUT2D eigenvalue weighted by Crippen LogP contribution is -2.24. The molecule has 0 atom stereocenters. The van der Waals surface area contributed by atoms with Crippen LogP contribution >= 0.6 is 11.6 Å². The van der Waals surface area contributed by atoms with Crippen LogP contribution in [0.3, 0.4) is 0 Å². The Morgan fingerprint density at radius 2 is 2.28 bits per heavy atom. The van der Waals surface area contributed by atoms with E-state index in [4.69, 9.17) is 11.6 Å². The van der Waals surface area contributed by atoms with Gasteiger partial charge in [0, 0.05) is 24.6 Å². The Morgan fingerprint density at radius 1 is 1.56 bits per heavy atom. The number of carbonyl (C=O) groups is 1. The molecule has 1 rings (SSSR count). The molecule has 0 fully saturated rings. The van der Waals surface area contributed by atoms with Crippen LogP contribution in [0.25, 0.3) is 0 Å². The first kappa shape index (κ1) is 14.0. The maximum absolute atomic E-state index is 11.7. The zero-order valence-corrected chi connectivity index (χ0v) is 10.5. The van der Waals surface area contributed by atoms with Crippen molar-refractivity contribution in [2.75, 3.05) is 6.54 Å². The molecule has 0 spiro atoms. The van der Waals surface area contributed by atoms with Crippen LogP contribution < -0.4 is 5.32 Å². The van der Waals surface area contributed by atoms with Crippen molar-refractivity contribution < 1.29 is 9.72 Å². The molecule has 1 aromatic carbocycles. The summed E-state index contributed by atoms with van der Waals surface area (Å²) >= 11 is 5.65. The number of nitrogens with one attached hydrogen (secondary N) is 1. The molecule has 0 saturated carbocycles. The molecule has 1 aromatic rings. The van der Waals surface area contributed by atoms with Crippen LogP contribution in [0.2, 0.25) is 5.02 Å². The quantitative estimate of drug-likeness (QED) is 0.394. The topological polar surface area (TPSA) is 72.2 Å². The molecule has 0 heterocycles. The number of benzene rings is 1. The van der Waals surface area contributed by atoms with E-state index in [-0.39, 0.29) is 22.2 Å². The molecule has 0 aromatic heterocycles. The Labute approximate surface area is 109 Å². The number of nitro groups is 1. The Balaban J connectivity index is 2.76. The van der Waals surface area contributed by atoms with Gasteiger partial charge in [-0.2, -0.15) is 0 Å². The number of carbonyl (C=O) groups excluding carboxylic acids is 1. The number of amides is 1. The third-order valence-electron chi connectivity index (χ3n) is 2.12. The molecule has 0 unspecified atom stereocenters. The van der Waals surface area contributed by atoms with Crippen LogP contribution in [-0.2, 0) is 0 Å². The Bertz CT molecular complexity index is 532. The second-order valence-corrected chi connectivity index (χ2v) is 3.76. The maximum Gasteiger partial charge on any atom is 0.288 e. The highest BCUT2D eigenvalue weighted by Crippen LogP contribution is 2.24. The monoisotopic (exact) mass is 266 g/mol. The smallest absolute Gasteiger partial charge is 0.288 e. The molecular weight excluding hydrogens is 256 g/mol. The Morgan fingerprint density at radius 3 is 2.89 bits per heavy atom. The summed E-state index contributed by atoms with van der Waals surface area (Å²) in [6, 6.07) is 3.93. The predicted molar refractivity (Wildman–Crippen MR) is 68.5 cm³/mol. The van der Waals surface area contributed by atoms with Crippen LogP contribution in [0.5, 0.6) is 0 Å². The van der Waals surface area contributed by atoms with Crippen molar-refractivity contribution >= 4 is 23.2 Å². The van der Waals surface area contributed by atoms with E-state index < -0.39 is 4.92 Å². The predicted octanol–water partition coefficient (Wildman–Crippen LogP) is 2.39. The van der Waals surface area contributed by atoms with Crippen molar-refractivity contribution in [3.63, 3.8) is 0 Å². The minimum atomic E-state index is -0.623. The van der Waals surface area contributed by atoms with Crippen LogP contribution in [0, 0.1) is 22.0 Å². The number of rotatable bonds is 4. The fourth-order valence-corrected chi connectivity index (χ4v) is 1.45. The van der Waals surface area contributed by atoms with Gasteiger partial charge < -0.3 is 5.32 Å². The van der Waals surface area contributed by atoms with E-state index in [1.165, 1.54) is 12.1 Å². The zero-order chi connectivity index (χ0) is 13.5. The van der Waals surface area contributed by atoms with Crippen molar-refractivity contribution in [3.05, 3.63) is 38.9 Å². The second-order valence-electron chi connectivity index (χ2n) is 3.36. The van der Waals surface area contributed by atoms with Crippen molar-refractivity contribution in [1.82, 2.24) is 5.32 Å². The standard InChI is InChI=1S/C12H11ClN2O3/c1-2-3-4-7-14-12(16)9-5-6-10(13)11(8-9)15(17)18/h5-6,8H,4,7H2,1H3,(H,14,16). The van der Waals surface area contributed by atoms with E-state index in [9.17, 15) is 14.9 Å². The summed E-state index contributed by atoms with van der Waals surface area (Å²) in [5, 5.41) is 13.3. The molecule has 0 aliphatic rings. The number of nitrogens with zero attached hydrogens (tertiary/aromatic N) is 1. The highest BCUT2D eigenvalue weighted by molar-refractivity contribution is 6.32. The fourth-order valence-electron chi connectivity index (χ4n) is 1.26. The second kappa shape index (κ2) is 6.62. The van der Waals surface area contributed by atoms with Crippen LogP contribution in [0.1, 0.15) is 23.7 Å². The van der Waals surface area contributed by atoms with Gasteiger partial charge in [0.25, 0.3) is 11.6 Å². The number of halogens is 1. The normalized spacial score (nSPS) is 9.22. The first-order valence-corrected chi connectivity index (χ1v) is 5.55. The van der Waals surface area contributed by atoms with Crippen molar-refractivity contribution in [3.8, 4) is 11.8 Å². The third kappa shape index (κ3) is 3.75. The highest BCUT2D eigenvalue weighted by Gasteiger charge is 2.15. The van der Waals surface area contributed by atoms with E-state index in [2.05, 4.69) is 17.2 Å². The molecule has 0 aliphatic heterocycles. The molecule has 1 amide bonds. The molecule has 94 valence electrons. The summed E-state index contributed by atoms with van der Waals surface area (Å²) in [6.45, 7) is 2.11. The first-order chi connectivity index (χ1) is 8.56. The van der Waals surface area contributed by atoms with Crippen LogP contribution in [0.15, 0.2) is 18.2 Å². The minimum absolute atomic E-state index is 0.00778. The summed E-state index contributed by atoms with van der Waals surface area (Å²) in [7, 11) is 0. The van der Waals surface area contributed by atoms with Gasteiger partial charge in [0.15, 0.2) is 0 Å². The molecule has 1 N–H and O–H groups in total. The summed E-state index contributed by atoms with van der Waals surface area (Å²) < 4.78 is 0. The third-order valence-corrected chi connectivity index (χ3v) is 2.44. The molecule has 0 saturated heterocycles. The van der Waals surface area contributed by atoms with Gasteiger partial charge in [-0.15, -0.1) is 11.8 Å². The molecule has 0 bridgehead atoms. The van der Waals surface area contributed by atoms with E-state index >= 15 is 0 Å². The number of hydrogen-bond acceptors (Lipinski definition) is 3.